The molecule has 1 heterocycles. The summed E-state index contributed by atoms with van der Waals surface area (Å²) >= 11 is 0. The maximum absolute atomic E-state index is 12.1. The molecule has 1 amide bonds. The zero-order valence-electron chi connectivity index (χ0n) is 12.0. The molecule has 110 valence electrons. The third kappa shape index (κ3) is 2.37. The van der Waals surface area contributed by atoms with Crippen molar-refractivity contribution in [3.8, 4) is 5.75 Å². The van der Waals surface area contributed by atoms with Crippen LogP contribution < -0.4 is 10.2 Å². The Morgan fingerprint density at radius 1 is 1.35 bits per heavy atom. The van der Waals surface area contributed by atoms with Crippen molar-refractivity contribution in [2.75, 3.05) is 7.11 Å². The first kappa shape index (κ1) is 14.8. The number of carbonyl (C=O) groups excluding carboxylic acids is 1. The lowest BCUT2D eigenvalue weighted by molar-refractivity contribution is -0.188. The summed E-state index contributed by atoms with van der Waals surface area (Å²) in [5.41, 5.74) is 2.86. The third-order valence-corrected chi connectivity index (χ3v) is 3.28. The van der Waals surface area contributed by atoms with E-state index in [1.54, 1.807) is 24.3 Å². The van der Waals surface area contributed by atoms with E-state index >= 15 is 0 Å². The molecule has 0 aliphatic carbocycles. The number of nitrogens with one attached hydrogen (secondary N) is 1. The molecule has 3 N–H and O–H groups in total. The van der Waals surface area contributed by atoms with Gasteiger partial charge >= 0.3 is 0 Å². The predicted octanol–water partition coefficient (Wildman–Crippen LogP) is 0.562. The topological polar surface area (TPSA) is 82.0 Å². The van der Waals surface area contributed by atoms with E-state index in [2.05, 4.69) is 5.43 Å². The van der Waals surface area contributed by atoms with Crippen molar-refractivity contribution in [1.29, 1.82) is 0 Å². The second-order valence-corrected chi connectivity index (χ2v) is 5.88. The number of carbonyl (C=O) groups is 1. The van der Waals surface area contributed by atoms with Crippen LogP contribution in [-0.2, 0) is 4.79 Å². The van der Waals surface area contributed by atoms with Crippen molar-refractivity contribution in [3.63, 3.8) is 0 Å². The van der Waals surface area contributed by atoms with Gasteiger partial charge in [-0.2, -0.15) is 0 Å². The van der Waals surface area contributed by atoms with Crippen LogP contribution in [0.4, 0.5) is 0 Å². The maximum atomic E-state index is 12.1. The van der Waals surface area contributed by atoms with Gasteiger partial charge in [0, 0.05) is 0 Å². The van der Waals surface area contributed by atoms with Gasteiger partial charge in [-0.15, -0.1) is 0 Å². The van der Waals surface area contributed by atoms with Gasteiger partial charge in [-0.3, -0.25) is 9.80 Å². The second-order valence-electron chi connectivity index (χ2n) is 5.88. The van der Waals surface area contributed by atoms with Crippen LogP contribution >= 0.6 is 0 Å². The van der Waals surface area contributed by atoms with Crippen LogP contribution in [-0.4, -0.2) is 39.6 Å². The predicted molar refractivity (Wildman–Crippen MR) is 72.6 cm³/mol. The summed E-state index contributed by atoms with van der Waals surface area (Å²) in [5, 5.41) is 21.5. The first-order valence-electron chi connectivity index (χ1n) is 6.37. The molecule has 0 aromatic heterocycles. The van der Waals surface area contributed by atoms with Gasteiger partial charge in [0.1, 0.15) is 11.8 Å². The fourth-order valence-electron chi connectivity index (χ4n) is 2.19. The van der Waals surface area contributed by atoms with Crippen molar-refractivity contribution >= 4 is 5.91 Å². The number of rotatable bonds is 2. The Morgan fingerprint density at radius 2 is 2.00 bits per heavy atom. The number of aliphatic hydroxyl groups is 2. The van der Waals surface area contributed by atoms with Gasteiger partial charge in [0.25, 0.3) is 11.7 Å². The molecule has 6 heteroatoms. The Labute approximate surface area is 117 Å². The first-order chi connectivity index (χ1) is 9.17. The number of benzene rings is 1. The lowest BCUT2D eigenvalue weighted by Gasteiger charge is -2.31. The van der Waals surface area contributed by atoms with E-state index in [0.29, 0.717) is 11.3 Å². The van der Waals surface area contributed by atoms with E-state index in [-0.39, 0.29) is 0 Å². The quantitative estimate of drug-likeness (QED) is 0.690. The molecular weight excluding hydrogens is 260 g/mol. The SMILES string of the molecule is COc1cccc(C2NN(C(C)(C)C)C(=O)C2(O)O)c1. The highest BCUT2D eigenvalue weighted by Crippen LogP contribution is 2.35. The minimum Gasteiger partial charge on any atom is -0.497 e. The van der Waals surface area contributed by atoms with E-state index in [4.69, 9.17) is 4.74 Å². The number of nitrogens with zero attached hydrogens (tertiary/aromatic N) is 1. The Morgan fingerprint density at radius 3 is 2.50 bits per heavy atom. The highest BCUT2D eigenvalue weighted by molar-refractivity contribution is 5.86. The Balaban J connectivity index is 2.39. The molecule has 1 aromatic rings. The molecule has 0 spiro atoms. The average molecular weight is 280 g/mol. The molecule has 2 rings (SSSR count). The van der Waals surface area contributed by atoms with Crippen LogP contribution in [0.15, 0.2) is 24.3 Å². The largest absolute Gasteiger partial charge is 0.497 e. The van der Waals surface area contributed by atoms with Crippen LogP contribution in [0.2, 0.25) is 0 Å². The van der Waals surface area contributed by atoms with Gasteiger partial charge in [0.05, 0.1) is 12.6 Å². The van der Waals surface area contributed by atoms with Crippen molar-refractivity contribution in [3.05, 3.63) is 29.8 Å². The molecule has 1 aliphatic rings. The molecule has 1 aromatic carbocycles. The molecule has 20 heavy (non-hydrogen) atoms. The number of hydrogen-bond acceptors (Lipinski definition) is 5. The van der Waals surface area contributed by atoms with E-state index in [1.807, 2.05) is 20.8 Å². The molecule has 1 saturated heterocycles. The standard InChI is InChI=1S/C14H20N2O4/c1-13(2,3)16-12(17)14(18,19)11(15-16)9-6-5-7-10(8-9)20-4/h5-8,11,15,18-19H,1-4H3. The van der Waals surface area contributed by atoms with Gasteiger partial charge in [-0.05, 0) is 38.5 Å². The van der Waals surface area contributed by atoms with Crippen molar-refractivity contribution < 1.29 is 19.7 Å². The molecule has 0 radical (unpaired) electrons. The minimum atomic E-state index is -2.49. The monoisotopic (exact) mass is 280 g/mol. The molecule has 1 unspecified atom stereocenters. The van der Waals surface area contributed by atoms with Gasteiger partial charge in [0.15, 0.2) is 0 Å². The molecule has 1 atom stereocenters. The van der Waals surface area contributed by atoms with Crippen LogP contribution in [0.5, 0.6) is 5.75 Å². The summed E-state index contributed by atoms with van der Waals surface area (Å²) in [6, 6.07) is 5.91. The van der Waals surface area contributed by atoms with Gasteiger partial charge < -0.3 is 14.9 Å². The van der Waals surface area contributed by atoms with Gasteiger partial charge in [0.2, 0.25) is 0 Å². The number of methoxy groups -OCH3 is 1. The van der Waals surface area contributed by atoms with E-state index < -0.39 is 23.3 Å². The van der Waals surface area contributed by atoms with E-state index in [9.17, 15) is 15.0 Å². The first-order valence-corrected chi connectivity index (χ1v) is 6.37. The summed E-state index contributed by atoms with van der Waals surface area (Å²) < 4.78 is 5.11. The molecule has 0 saturated carbocycles. The van der Waals surface area contributed by atoms with E-state index in [0.717, 1.165) is 0 Å². The fourth-order valence-corrected chi connectivity index (χ4v) is 2.19. The molecule has 1 aliphatic heterocycles. The summed E-state index contributed by atoms with van der Waals surface area (Å²) in [4.78, 5) is 12.1. The number of hydrazine groups is 1. The zero-order chi connectivity index (χ0) is 15.1. The highest BCUT2D eigenvalue weighted by Gasteiger charge is 2.55. The lowest BCUT2D eigenvalue weighted by Crippen LogP contribution is -2.50. The Hall–Kier alpha value is -1.63. The zero-order valence-corrected chi connectivity index (χ0v) is 12.0. The fraction of sp³-hybridized carbons (Fsp3) is 0.500. The summed E-state index contributed by atoms with van der Waals surface area (Å²) in [5.74, 6) is -2.67. The average Bonchev–Trinajstić information content (AvgIpc) is 2.61. The number of ether oxygens (including phenoxy) is 1. The highest BCUT2D eigenvalue weighted by atomic mass is 16.5. The normalized spacial score (nSPS) is 22.2. The van der Waals surface area contributed by atoms with Gasteiger partial charge in [-0.25, -0.2) is 5.43 Å². The minimum absolute atomic E-state index is 0.564. The smallest absolute Gasteiger partial charge is 0.299 e. The molecule has 6 nitrogen and oxygen atoms in total. The van der Waals surface area contributed by atoms with Crippen molar-refractivity contribution in [1.82, 2.24) is 10.4 Å². The summed E-state index contributed by atoms with van der Waals surface area (Å²) in [6.07, 6.45) is 0. The molecule has 1 fully saturated rings. The van der Waals surface area contributed by atoms with Gasteiger partial charge in [-0.1, -0.05) is 12.1 Å². The summed E-state index contributed by atoms with van der Waals surface area (Å²) in [6.45, 7) is 5.42. The Kier molecular flexibility index (Phi) is 3.49. The van der Waals surface area contributed by atoms with Crippen LogP contribution in [0, 0.1) is 0 Å². The molecular formula is C14H20N2O4. The number of amides is 1. The van der Waals surface area contributed by atoms with E-state index in [1.165, 1.54) is 12.1 Å². The van der Waals surface area contributed by atoms with Crippen LogP contribution in [0.3, 0.4) is 0 Å². The summed E-state index contributed by atoms with van der Waals surface area (Å²) in [7, 11) is 1.53. The molecule has 0 bridgehead atoms. The van der Waals surface area contributed by atoms with Crippen molar-refractivity contribution in [2.24, 2.45) is 0 Å². The van der Waals surface area contributed by atoms with Crippen LogP contribution in [0.1, 0.15) is 32.4 Å². The second kappa shape index (κ2) is 4.73. The van der Waals surface area contributed by atoms with Crippen LogP contribution in [0.25, 0.3) is 0 Å². The lowest BCUT2D eigenvalue weighted by atomic mass is 9.99. The maximum Gasteiger partial charge on any atom is 0.299 e. The van der Waals surface area contributed by atoms with Crippen molar-refractivity contribution in [2.45, 2.75) is 38.1 Å². The Bertz CT molecular complexity index is 522. The number of hydrogen-bond donors (Lipinski definition) is 3. The third-order valence-electron chi connectivity index (χ3n) is 3.28.